The van der Waals surface area contributed by atoms with Crippen LogP contribution in [0.4, 0.5) is 11.4 Å². The Morgan fingerprint density at radius 2 is 1.93 bits per heavy atom. The first kappa shape index (κ1) is 18.8. The largest absolute Gasteiger partial charge is 0.490 e. The van der Waals surface area contributed by atoms with Crippen LogP contribution >= 0.6 is 0 Å². The molecule has 4 rings (SSSR count). The van der Waals surface area contributed by atoms with Gasteiger partial charge in [0.1, 0.15) is 0 Å². The third kappa shape index (κ3) is 3.73. The van der Waals surface area contributed by atoms with Crippen molar-refractivity contribution in [1.82, 2.24) is 9.88 Å². The van der Waals surface area contributed by atoms with E-state index in [1.54, 1.807) is 12.1 Å². The zero-order valence-corrected chi connectivity index (χ0v) is 16.1. The molecule has 1 amide bonds. The molecule has 3 aromatic rings. The number of methoxy groups -OCH3 is 1. The topological polar surface area (TPSA) is 91.7 Å². The number of para-hydroxylation sites is 1. The van der Waals surface area contributed by atoms with Crippen LogP contribution in [0.5, 0.6) is 5.75 Å². The highest BCUT2D eigenvalue weighted by atomic mass is 16.6. The summed E-state index contributed by atoms with van der Waals surface area (Å²) in [6.45, 7) is 2.56. The fraction of sp³-hybridized carbons (Fsp3) is 0.286. The monoisotopic (exact) mass is 394 g/mol. The quantitative estimate of drug-likeness (QED) is 0.531. The lowest BCUT2D eigenvalue weighted by Gasteiger charge is -2.36. The molecular formula is C21H22N4O4. The lowest BCUT2D eigenvalue weighted by molar-refractivity contribution is -0.385. The molecule has 0 atom stereocenters. The van der Waals surface area contributed by atoms with E-state index in [-0.39, 0.29) is 17.3 Å². The SMILES string of the molecule is COc1cc(N2CCN(C(=O)Cc3c[nH]c4ccccc34)CC2)ccc1[N+](=O)[O-]. The summed E-state index contributed by atoms with van der Waals surface area (Å²) in [5, 5.41) is 12.1. The van der Waals surface area contributed by atoms with Gasteiger partial charge < -0.3 is 19.5 Å². The van der Waals surface area contributed by atoms with E-state index in [4.69, 9.17) is 4.74 Å². The molecule has 1 N–H and O–H groups in total. The molecule has 0 bridgehead atoms. The minimum atomic E-state index is -0.454. The number of carbonyl (C=O) groups is 1. The summed E-state index contributed by atoms with van der Waals surface area (Å²) < 4.78 is 5.16. The van der Waals surface area contributed by atoms with Crippen LogP contribution in [0.25, 0.3) is 10.9 Å². The number of hydrogen-bond acceptors (Lipinski definition) is 5. The fourth-order valence-electron chi connectivity index (χ4n) is 3.78. The highest BCUT2D eigenvalue weighted by Gasteiger charge is 2.24. The van der Waals surface area contributed by atoms with Crippen molar-refractivity contribution in [1.29, 1.82) is 0 Å². The Bertz CT molecular complexity index is 1050. The van der Waals surface area contributed by atoms with Gasteiger partial charge in [0.15, 0.2) is 5.75 Å². The number of ether oxygens (including phenoxy) is 1. The number of carbonyl (C=O) groups excluding carboxylic acids is 1. The number of rotatable bonds is 5. The molecule has 8 nitrogen and oxygen atoms in total. The Hall–Kier alpha value is -3.55. The molecule has 0 unspecified atom stereocenters. The number of hydrogen-bond donors (Lipinski definition) is 1. The van der Waals surface area contributed by atoms with Crippen molar-refractivity contribution >= 4 is 28.2 Å². The van der Waals surface area contributed by atoms with Gasteiger partial charge in [0, 0.05) is 61.1 Å². The standard InChI is InChI=1S/C21H22N4O4/c1-29-20-13-16(6-7-19(20)25(27)28)23-8-10-24(11-9-23)21(26)12-15-14-22-18-5-3-2-4-17(15)18/h2-7,13-14,22H,8-12H2,1H3. The summed E-state index contributed by atoms with van der Waals surface area (Å²) in [7, 11) is 1.42. The normalized spacial score (nSPS) is 14.2. The van der Waals surface area contributed by atoms with Gasteiger partial charge in [0.05, 0.1) is 18.5 Å². The number of benzene rings is 2. The average Bonchev–Trinajstić information content (AvgIpc) is 3.16. The predicted octanol–water partition coefficient (Wildman–Crippen LogP) is 2.98. The maximum Gasteiger partial charge on any atom is 0.311 e. The van der Waals surface area contributed by atoms with Gasteiger partial charge in [-0.3, -0.25) is 14.9 Å². The van der Waals surface area contributed by atoms with Gasteiger partial charge in [-0.1, -0.05) is 18.2 Å². The summed E-state index contributed by atoms with van der Waals surface area (Å²) in [5.74, 6) is 0.348. The van der Waals surface area contributed by atoms with Crippen LogP contribution in [0.15, 0.2) is 48.7 Å². The molecule has 2 heterocycles. The van der Waals surface area contributed by atoms with Gasteiger partial charge in [-0.05, 0) is 17.7 Å². The highest BCUT2D eigenvalue weighted by molar-refractivity contribution is 5.89. The second-order valence-electron chi connectivity index (χ2n) is 7.02. The summed E-state index contributed by atoms with van der Waals surface area (Å²) in [5.41, 5.74) is 2.85. The molecule has 150 valence electrons. The van der Waals surface area contributed by atoms with E-state index in [1.807, 2.05) is 35.4 Å². The van der Waals surface area contributed by atoms with Crippen LogP contribution in [-0.4, -0.2) is 54.0 Å². The van der Waals surface area contributed by atoms with Crippen molar-refractivity contribution < 1.29 is 14.5 Å². The number of anilines is 1. The summed E-state index contributed by atoms with van der Waals surface area (Å²) >= 11 is 0. The molecule has 0 spiro atoms. The van der Waals surface area contributed by atoms with E-state index >= 15 is 0 Å². The molecule has 0 saturated carbocycles. The summed E-state index contributed by atoms with van der Waals surface area (Å²) in [6.07, 6.45) is 2.28. The van der Waals surface area contributed by atoms with Gasteiger partial charge in [-0.15, -0.1) is 0 Å². The number of nitrogens with one attached hydrogen (secondary N) is 1. The van der Waals surface area contributed by atoms with E-state index < -0.39 is 4.92 Å². The van der Waals surface area contributed by atoms with Gasteiger partial charge in [0.25, 0.3) is 0 Å². The Morgan fingerprint density at radius 1 is 1.17 bits per heavy atom. The first-order valence-electron chi connectivity index (χ1n) is 9.47. The maximum atomic E-state index is 12.8. The zero-order chi connectivity index (χ0) is 20.4. The Kier molecular flexibility index (Phi) is 5.07. The molecule has 1 aliphatic rings. The van der Waals surface area contributed by atoms with Crippen molar-refractivity contribution in [3.8, 4) is 5.75 Å². The van der Waals surface area contributed by atoms with Crippen LogP contribution < -0.4 is 9.64 Å². The Labute approximate surface area is 167 Å². The number of nitrogens with zero attached hydrogens (tertiary/aromatic N) is 3. The summed E-state index contributed by atoms with van der Waals surface area (Å²) in [6, 6.07) is 12.8. The lowest BCUT2D eigenvalue weighted by atomic mass is 10.1. The third-order valence-corrected chi connectivity index (χ3v) is 5.37. The van der Waals surface area contributed by atoms with E-state index in [9.17, 15) is 14.9 Å². The van der Waals surface area contributed by atoms with Crippen molar-refractivity contribution in [2.45, 2.75) is 6.42 Å². The molecule has 1 aromatic heterocycles. The first-order valence-corrected chi connectivity index (χ1v) is 9.47. The van der Waals surface area contributed by atoms with Gasteiger partial charge in [-0.2, -0.15) is 0 Å². The smallest absolute Gasteiger partial charge is 0.311 e. The van der Waals surface area contributed by atoms with E-state index in [0.29, 0.717) is 32.6 Å². The van der Waals surface area contributed by atoms with Crippen molar-refractivity contribution in [2.75, 3.05) is 38.2 Å². The van der Waals surface area contributed by atoms with E-state index in [1.165, 1.54) is 13.2 Å². The molecule has 1 saturated heterocycles. The number of nitro benzene ring substituents is 1. The zero-order valence-electron chi connectivity index (χ0n) is 16.1. The van der Waals surface area contributed by atoms with Crippen LogP contribution in [-0.2, 0) is 11.2 Å². The lowest BCUT2D eigenvalue weighted by Crippen LogP contribution is -2.49. The van der Waals surface area contributed by atoms with Crippen LogP contribution in [0, 0.1) is 10.1 Å². The molecule has 1 fully saturated rings. The van der Waals surface area contributed by atoms with Crippen LogP contribution in [0.1, 0.15) is 5.56 Å². The molecule has 0 radical (unpaired) electrons. The number of aromatic amines is 1. The minimum absolute atomic E-state index is 0.0520. The Morgan fingerprint density at radius 3 is 2.66 bits per heavy atom. The van der Waals surface area contributed by atoms with E-state index in [2.05, 4.69) is 9.88 Å². The third-order valence-electron chi connectivity index (χ3n) is 5.37. The number of amides is 1. The maximum absolute atomic E-state index is 12.8. The van der Waals surface area contributed by atoms with E-state index in [0.717, 1.165) is 22.2 Å². The van der Waals surface area contributed by atoms with Gasteiger partial charge in [-0.25, -0.2) is 0 Å². The number of piperazine rings is 1. The Balaban J connectivity index is 1.40. The van der Waals surface area contributed by atoms with Crippen molar-refractivity contribution in [3.63, 3.8) is 0 Å². The number of fused-ring (bicyclic) bond motifs is 1. The van der Waals surface area contributed by atoms with Gasteiger partial charge in [0.2, 0.25) is 5.91 Å². The molecule has 8 heteroatoms. The number of nitro groups is 1. The first-order chi connectivity index (χ1) is 14.1. The highest BCUT2D eigenvalue weighted by Crippen LogP contribution is 2.31. The molecule has 0 aliphatic carbocycles. The fourth-order valence-corrected chi connectivity index (χ4v) is 3.78. The number of H-pyrrole nitrogens is 1. The van der Waals surface area contributed by atoms with Gasteiger partial charge >= 0.3 is 5.69 Å². The minimum Gasteiger partial charge on any atom is -0.490 e. The summed E-state index contributed by atoms with van der Waals surface area (Å²) in [4.78, 5) is 30.6. The molecule has 1 aliphatic heterocycles. The molecule has 2 aromatic carbocycles. The van der Waals surface area contributed by atoms with Crippen molar-refractivity contribution in [3.05, 3.63) is 64.3 Å². The number of aromatic nitrogens is 1. The van der Waals surface area contributed by atoms with Crippen LogP contribution in [0.3, 0.4) is 0 Å². The molecular weight excluding hydrogens is 372 g/mol. The second-order valence-corrected chi connectivity index (χ2v) is 7.02. The molecule has 29 heavy (non-hydrogen) atoms. The predicted molar refractivity (Wildman–Crippen MR) is 110 cm³/mol. The average molecular weight is 394 g/mol. The second kappa shape index (κ2) is 7.83. The van der Waals surface area contributed by atoms with Crippen molar-refractivity contribution in [2.24, 2.45) is 0 Å². The van der Waals surface area contributed by atoms with Crippen LogP contribution in [0.2, 0.25) is 0 Å².